The van der Waals surface area contributed by atoms with Crippen LogP contribution in [0.25, 0.3) is 10.9 Å². The van der Waals surface area contributed by atoms with Crippen molar-refractivity contribution in [3.05, 3.63) is 60.3 Å². The number of fused-ring (bicyclic) bond motifs is 2. The standard InChI is InChI=1S/C21H23NOS/c1-3-4-9-14-21(23-19-12-7-8-13-20(19)24-21)17-15-22(2)18-11-6-5-10-16(17)18/h5-8,10-13,15H,3-4,9,14H2,1-2H3. The number of hydrogen-bond donors (Lipinski definition) is 0. The zero-order valence-electron chi connectivity index (χ0n) is 14.3. The number of unbranched alkanes of at least 4 members (excludes halogenated alkanes) is 2. The summed E-state index contributed by atoms with van der Waals surface area (Å²) in [6, 6.07) is 17.1. The third-order valence-corrected chi connectivity index (χ3v) is 6.21. The van der Waals surface area contributed by atoms with Gasteiger partial charge in [-0.25, -0.2) is 0 Å². The van der Waals surface area contributed by atoms with Crippen LogP contribution in [-0.2, 0) is 12.0 Å². The van der Waals surface area contributed by atoms with E-state index in [0.717, 1.165) is 12.2 Å². The second kappa shape index (κ2) is 6.21. The predicted octanol–water partition coefficient (Wildman–Crippen LogP) is 6.10. The summed E-state index contributed by atoms with van der Waals surface area (Å²) in [5.74, 6) is 1.02. The fourth-order valence-electron chi connectivity index (χ4n) is 3.59. The Labute approximate surface area is 147 Å². The number of thioether (sulfide) groups is 1. The summed E-state index contributed by atoms with van der Waals surface area (Å²) < 4.78 is 8.82. The van der Waals surface area contributed by atoms with Crippen LogP contribution in [0.4, 0.5) is 0 Å². The Balaban J connectivity index is 1.82. The Kier molecular flexibility index (Phi) is 4.05. The van der Waals surface area contributed by atoms with Gasteiger partial charge in [0.15, 0.2) is 4.93 Å². The van der Waals surface area contributed by atoms with Crippen LogP contribution in [-0.4, -0.2) is 4.57 Å². The predicted molar refractivity (Wildman–Crippen MR) is 102 cm³/mol. The minimum Gasteiger partial charge on any atom is -0.471 e. The molecule has 0 aliphatic carbocycles. The first kappa shape index (κ1) is 15.6. The van der Waals surface area contributed by atoms with Gasteiger partial charge in [-0.3, -0.25) is 0 Å². The van der Waals surface area contributed by atoms with Gasteiger partial charge in [-0.15, -0.1) is 0 Å². The lowest BCUT2D eigenvalue weighted by molar-refractivity contribution is 0.161. The summed E-state index contributed by atoms with van der Waals surface area (Å²) in [7, 11) is 2.12. The molecule has 0 spiro atoms. The maximum Gasteiger partial charge on any atom is 0.186 e. The molecule has 24 heavy (non-hydrogen) atoms. The van der Waals surface area contributed by atoms with Gasteiger partial charge in [0.05, 0.1) is 4.90 Å². The van der Waals surface area contributed by atoms with E-state index in [9.17, 15) is 0 Å². The van der Waals surface area contributed by atoms with Crippen molar-refractivity contribution in [2.45, 2.75) is 42.4 Å². The first-order chi connectivity index (χ1) is 11.7. The fraction of sp³-hybridized carbons (Fsp3) is 0.333. The topological polar surface area (TPSA) is 14.2 Å². The molecule has 0 bridgehead atoms. The van der Waals surface area contributed by atoms with E-state index in [1.165, 1.54) is 40.6 Å². The highest BCUT2D eigenvalue weighted by Crippen LogP contribution is 2.56. The van der Waals surface area contributed by atoms with Gasteiger partial charge < -0.3 is 9.30 Å². The molecule has 2 nitrogen and oxygen atoms in total. The summed E-state index contributed by atoms with van der Waals surface area (Å²) in [5, 5.41) is 1.30. The van der Waals surface area contributed by atoms with Gasteiger partial charge in [0.2, 0.25) is 0 Å². The zero-order valence-corrected chi connectivity index (χ0v) is 15.1. The van der Waals surface area contributed by atoms with E-state index in [2.05, 4.69) is 73.3 Å². The maximum absolute atomic E-state index is 6.60. The molecule has 0 N–H and O–H groups in total. The van der Waals surface area contributed by atoms with E-state index in [1.807, 2.05) is 11.8 Å². The van der Waals surface area contributed by atoms with Crippen molar-refractivity contribution in [1.82, 2.24) is 4.57 Å². The Morgan fingerprint density at radius 3 is 2.67 bits per heavy atom. The van der Waals surface area contributed by atoms with Crippen LogP contribution in [0.1, 0.15) is 38.2 Å². The van der Waals surface area contributed by atoms with Crippen molar-refractivity contribution in [3.63, 3.8) is 0 Å². The molecule has 0 amide bonds. The molecule has 0 saturated heterocycles. The van der Waals surface area contributed by atoms with Crippen LogP contribution in [0.15, 0.2) is 59.6 Å². The fourth-order valence-corrected chi connectivity index (χ4v) is 4.96. The van der Waals surface area contributed by atoms with Crippen molar-refractivity contribution in [2.24, 2.45) is 7.05 Å². The molecule has 1 aromatic heterocycles. The van der Waals surface area contributed by atoms with Gasteiger partial charge in [-0.1, -0.05) is 61.9 Å². The van der Waals surface area contributed by atoms with E-state index in [1.54, 1.807) is 0 Å². The molecule has 3 aromatic rings. The molecule has 1 aliphatic heterocycles. The van der Waals surface area contributed by atoms with Gasteiger partial charge >= 0.3 is 0 Å². The van der Waals surface area contributed by atoms with Crippen LogP contribution < -0.4 is 4.74 Å². The molecule has 0 radical (unpaired) electrons. The van der Waals surface area contributed by atoms with E-state index in [-0.39, 0.29) is 4.93 Å². The first-order valence-electron chi connectivity index (χ1n) is 8.75. The quantitative estimate of drug-likeness (QED) is 0.523. The van der Waals surface area contributed by atoms with Gasteiger partial charge in [-0.05, 0) is 24.6 Å². The minimum absolute atomic E-state index is 0.306. The van der Waals surface area contributed by atoms with E-state index in [0.29, 0.717) is 0 Å². The lowest BCUT2D eigenvalue weighted by atomic mass is 10.0. The second-order valence-corrected chi connectivity index (χ2v) is 7.84. The van der Waals surface area contributed by atoms with Crippen molar-refractivity contribution in [1.29, 1.82) is 0 Å². The Morgan fingerprint density at radius 2 is 1.83 bits per heavy atom. The van der Waals surface area contributed by atoms with E-state index in [4.69, 9.17) is 4.74 Å². The van der Waals surface area contributed by atoms with Crippen molar-refractivity contribution in [2.75, 3.05) is 0 Å². The highest BCUT2D eigenvalue weighted by Gasteiger charge is 2.43. The second-order valence-electron chi connectivity index (χ2n) is 6.53. The summed E-state index contributed by atoms with van der Waals surface area (Å²) in [6.07, 6.45) is 6.94. The Bertz CT molecular complexity index is 842. The summed E-state index contributed by atoms with van der Waals surface area (Å²) >= 11 is 1.88. The highest BCUT2D eigenvalue weighted by atomic mass is 32.2. The number of nitrogens with zero attached hydrogens (tertiary/aromatic N) is 1. The summed E-state index contributed by atoms with van der Waals surface area (Å²) in [6.45, 7) is 2.25. The number of ether oxygens (including phenoxy) is 1. The molecule has 3 heteroatoms. The molecule has 2 aromatic carbocycles. The van der Waals surface area contributed by atoms with Gasteiger partial charge in [0.1, 0.15) is 5.75 Å². The molecule has 0 fully saturated rings. The summed E-state index contributed by atoms with van der Waals surface area (Å²) in [5.41, 5.74) is 2.57. The van der Waals surface area contributed by atoms with E-state index >= 15 is 0 Å². The molecular formula is C21H23NOS. The number of rotatable bonds is 5. The molecule has 2 heterocycles. The van der Waals surface area contributed by atoms with Crippen LogP contribution in [0.5, 0.6) is 5.75 Å². The molecule has 1 unspecified atom stereocenters. The third kappa shape index (κ3) is 2.51. The summed E-state index contributed by atoms with van der Waals surface area (Å²) in [4.78, 5) is 0.946. The normalized spacial score (nSPS) is 19.4. The van der Waals surface area contributed by atoms with Crippen molar-refractivity contribution >= 4 is 22.7 Å². The molecule has 4 rings (SSSR count). The monoisotopic (exact) mass is 337 g/mol. The average molecular weight is 337 g/mol. The van der Waals surface area contributed by atoms with Crippen LogP contribution in [0, 0.1) is 0 Å². The molecule has 0 saturated carbocycles. The Morgan fingerprint density at radius 1 is 1.04 bits per heavy atom. The van der Waals surface area contributed by atoms with E-state index < -0.39 is 0 Å². The number of benzene rings is 2. The number of aryl methyl sites for hydroxylation is 1. The van der Waals surface area contributed by atoms with Crippen LogP contribution >= 0.6 is 11.8 Å². The number of hydrogen-bond acceptors (Lipinski definition) is 2. The largest absolute Gasteiger partial charge is 0.471 e. The SMILES string of the molecule is CCCCCC1(c2cn(C)c3ccccc23)Oc2ccccc2S1. The van der Waals surface area contributed by atoms with Gasteiger partial charge in [-0.2, -0.15) is 0 Å². The number of para-hydroxylation sites is 2. The zero-order chi connectivity index (χ0) is 16.6. The van der Waals surface area contributed by atoms with Crippen LogP contribution in [0.2, 0.25) is 0 Å². The lowest BCUT2D eigenvalue weighted by Crippen LogP contribution is -2.25. The van der Waals surface area contributed by atoms with Gasteiger partial charge in [0.25, 0.3) is 0 Å². The smallest absolute Gasteiger partial charge is 0.186 e. The number of aromatic nitrogens is 1. The third-order valence-electron chi connectivity index (χ3n) is 4.82. The molecule has 124 valence electrons. The lowest BCUT2D eigenvalue weighted by Gasteiger charge is -2.28. The van der Waals surface area contributed by atoms with Crippen molar-refractivity contribution < 1.29 is 4.74 Å². The first-order valence-corrected chi connectivity index (χ1v) is 9.57. The molecular weight excluding hydrogens is 314 g/mol. The maximum atomic E-state index is 6.60. The minimum atomic E-state index is -0.306. The van der Waals surface area contributed by atoms with Crippen LogP contribution in [0.3, 0.4) is 0 Å². The molecule has 1 aliphatic rings. The van der Waals surface area contributed by atoms with Gasteiger partial charge in [0, 0.05) is 36.1 Å². The Hall–Kier alpha value is -1.87. The average Bonchev–Trinajstić information content (AvgIpc) is 3.14. The molecule has 1 atom stereocenters. The van der Waals surface area contributed by atoms with Crippen molar-refractivity contribution in [3.8, 4) is 5.75 Å². The highest BCUT2D eigenvalue weighted by molar-refractivity contribution is 8.00.